The van der Waals surface area contributed by atoms with Gasteiger partial charge in [-0.25, -0.2) is 4.39 Å². The zero-order valence-corrected chi connectivity index (χ0v) is 17.3. The van der Waals surface area contributed by atoms with Crippen molar-refractivity contribution in [3.8, 4) is 11.8 Å². The van der Waals surface area contributed by atoms with Crippen molar-refractivity contribution in [3.63, 3.8) is 0 Å². The molecule has 1 unspecified atom stereocenters. The maximum Gasteiger partial charge on any atom is 0.417 e. The molecule has 0 saturated carbocycles. The van der Waals surface area contributed by atoms with E-state index in [1.807, 2.05) is 6.07 Å². The maximum absolute atomic E-state index is 14.1. The number of nitrogens with zero attached hydrogens (tertiary/aromatic N) is 1. The Balaban J connectivity index is 2.07. The highest BCUT2D eigenvalue weighted by atomic mass is 19.4. The number of fused-ring (bicyclic) bond motifs is 1. The summed E-state index contributed by atoms with van der Waals surface area (Å²) in [5.74, 6) is -0.402. The summed E-state index contributed by atoms with van der Waals surface area (Å²) in [6.07, 6.45) is -6.63. The van der Waals surface area contributed by atoms with E-state index < -0.39 is 35.9 Å². The largest absolute Gasteiger partial charge is 0.496 e. The number of methoxy groups -OCH3 is 1. The van der Waals surface area contributed by atoms with Crippen LogP contribution in [-0.4, -0.2) is 29.0 Å². The van der Waals surface area contributed by atoms with Gasteiger partial charge in [0.15, 0.2) is 5.60 Å². The number of hydrogen-bond donors (Lipinski definition) is 2. The van der Waals surface area contributed by atoms with Crippen molar-refractivity contribution in [2.75, 3.05) is 7.11 Å². The van der Waals surface area contributed by atoms with E-state index in [9.17, 15) is 27.9 Å². The average Bonchev–Trinajstić information content (AvgIpc) is 3.03. The van der Waals surface area contributed by atoms with Crippen molar-refractivity contribution >= 4 is 10.9 Å². The van der Waals surface area contributed by atoms with Gasteiger partial charge in [-0.05, 0) is 36.1 Å². The molecule has 164 valence electrons. The maximum atomic E-state index is 14.1. The van der Waals surface area contributed by atoms with Crippen LogP contribution in [0.2, 0.25) is 0 Å². The summed E-state index contributed by atoms with van der Waals surface area (Å²) in [4.78, 5) is 2.83. The van der Waals surface area contributed by atoms with Gasteiger partial charge in [0.25, 0.3) is 0 Å². The number of hydrogen-bond acceptors (Lipinski definition) is 3. The van der Waals surface area contributed by atoms with Crippen molar-refractivity contribution < 1.29 is 27.4 Å². The molecule has 0 radical (unpaired) electrons. The number of rotatable bonds is 6. The van der Waals surface area contributed by atoms with Crippen LogP contribution in [0, 0.1) is 17.1 Å². The van der Waals surface area contributed by atoms with E-state index in [0.717, 1.165) is 12.1 Å². The molecule has 8 heteroatoms. The van der Waals surface area contributed by atoms with Crippen LogP contribution in [0.25, 0.3) is 10.9 Å². The number of para-hydroxylation sites is 1. The number of H-pyrrole nitrogens is 1. The molecule has 3 rings (SSSR count). The molecule has 4 nitrogen and oxygen atoms in total. The number of ether oxygens (including phenoxy) is 1. The third kappa shape index (κ3) is 4.23. The first-order valence-electron chi connectivity index (χ1n) is 9.55. The van der Waals surface area contributed by atoms with Gasteiger partial charge in [-0.2, -0.15) is 18.4 Å². The number of alkyl halides is 3. The third-order valence-corrected chi connectivity index (χ3v) is 5.52. The van der Waals surface area contributed by atoms with Crippen LogP contribution in [0.15, 0.2) is 42.5 Å². The smallest absolute Gasteiger partial charge is 0.417 e. The quantitative estimate of drug-likeness (QED) is 0.511. The summed E-state index contributed by atoms with van der Waals surface area (Å²) in [7, 11) is 1.34. The molecule has 0 aliphatic carbocycles. The monoisotopic (exact) mass is 434 g/mol. The molecule has 0 amide bonds. The minimum atomic E-state index is -5.01. The van der Waals surface area contributed by atoms with Gasteiger partial charge in [0.1, 0.15) is 17.6 Å². The summed E-state index contributed by atoms with van der Waals surface area (Å²) in [6.45, 7) is 2.97. The SMILES string of the molecule is COc1ccc(F)cc1C(C)(C)CC(O)(Cc1[nH]c2ccccc2c1C#N)C(F)(F)F. The summed E-state index contributed by atoms with van der Waals surface area (Å²) >= 11 is 0. The van der Waals surface area contributed by atoms with Crippen LogP contribution in [-0.2, 0) is 11.8 Å². The Hall–Kier alpha value is -3.05. The number of nitriles is 1. The van der Waals surface area contributed by atoms with E-state index in [4.69, 9.17) is 4.74 Å². The second kappa shape index (κ2) is 7.89. The Kier molecular flexibility index (Phi) is 5.76. The summed E-state index contributed by atoms with van der Waals surface area (Å²) in [6, 6.07) is 12.2. The number of aromatic amines is 1. The van der Waals surface area contributed by atoms with Crippen LogP contribution in [0.3, 0.4) is 0 Å². The van der Waals surface area contributed by atoms with Crippen LogP contribution < -0.4 is 4.74 Å². The minimum absolute atomic E-state index is 0.00877. The molecule has 0 aliphatic heterocycles. The van der Waals surface area contributed by atoms with Gasteiger partial charge in [-0.1, -0.05) is 32.0 Å². The Labute approximate surface area is 177 Å². The molecule has 1 atom stereocenters. The molecule has 31 heavy (non-hydrogen) atoms. The lowest BCUT2D eigenvalue weighted by atomic mass is 9.73. The van der Waals surface area contributed by atoms with Gasteiger partial charge in [0, 0.05) is 28.6 Å². The van der Waals surface area contributed by atoms with E-state index in [1.54, 1.807) is 24.3 Å². The average molecular weight is 434 g/mol. The first-order chi connectivity index (χ1) is 14.4. The molecule has 3 aromatic rings. The highest BCUT2D eigenvalue weighted by molar-refractivity contribution is 5.87. The van der Waals surface area contributed by atoms with E-state index >= 15 is 0 Å². The topological polar surface area (TPSA) is 69.0 Å². The van der Waals surface area contributed by atoms with Crippen LogP contribution >= 0.6 is 0 Å². The number of halogens is 4. The highest BCUT2D eigenvalue weighted by Gasteiger charge is 2.56. The standard InChI is InChI=1S/C23H22F4N2O2/c1-21(2,17-10-14(24)8-9-20(17)31-3)13-22(30,23(25,26)27)11-19-16(12-28)15-6-4-5-7-18(15)29-19/h4-10,29-30H,11,13H2,1-3H3. The van der Waals surface area contributed by atoms with Crippen molar-refractivity contribution in [2.45, 2.75) is 43.9 Å². The zero-order valence-electron chi connectivity index (χ0n) is 17.3. The molecule has 1 aromatic heterocycles. The molecule has 0 fully saturated rings. The van der Waals surface area contributed by atoms with E-state index in [1.165, 1.54) is 27.0 Å². The predicted molar refractivity (Wildman–Crippen MR) is 108 cm³/mol. The Morgan fingerprint density at radius 1 is 1.13 bits per heavy atom. The van der Waals surface area contributed by atoms with Crippen molar-refractivity contribution in [2.24, 2.45) is 0 Å². The van der Waals surface area contributed by atoms with Gasteiger partial charge in [-0.15, -0.1) is 0 Å². The van der Waals surface area contributed by atoms with E-state index in [2.05, 4.69) is 4.98 Å². The molecule has 0 aliphatic rings. The molecule has 0 saturated heterocycles. The Bertz CT molecular complexity index is 1140. The third-order valence-electron chi connectivity index (χ3n) is 5.52. The fraction of sp³-hybridized carbons (Fsp3) is 0.348. The Morgan fingerprint density at radius 3 is 2.42 bits per heavy atom. The van der Waals surface area contributed by atoms with Crippen LogP contribution in [0.4, 0.5) is 17.6 Å². The normalized spacial score (nSPS) is 14.3. The highest BCUT2D eigenvalue weighted by Crippen LogP contribution is 2.45. The molecule has 1 heterocycles. The van der Waals surface area contributed by atoms with Gasteiger partial charge >= 0.3 is 6.18 Å². The minimum Gasteiger partial charge on any atom is -0.496 e. The number of benzene rings is 2. The van der Waals surface area contributed by atoms with Gasteiger partial charge in [0.2, 0.25) is 0 Å². The molecule has 0 spiro atoms. The Morgan fingerprint density at radius 2 is 1.81 bits per heavy atom. The second-order valence-electron chi connectivity index (χ2n) is 8.25. The molecule has 2 N–H and O–H groups in total. The van der Waals surface area contributed by atoms with Gasteiger partial charge < -0.3 is 14.8 Å². The van der Waals surface area contributed by atoms with Gasteiger partial charge in [-0.3, -0.25) is 0 Å². The van der Waals surface area contributed by atoms with Crippen LogP contribution in [0.5, 0.6) is 5.75 Å². The van der Waals surface area contributed by atoms with Crippen LogP contribution in [0.1, 0.15) is 37.1 Å². The van der Waals surface area contributed by atoms with Gasteiger partial charge in [0.05, 0.1) is 12.7 Å². The van der Waals surface area contributed by atoms with Crippen molar-refractivity contribution in [3.05, 3.63) is 65.1 Å². The molecule has 2 aromatic carbocycles. The second-order valence-corrected chi connectivity index (χ2v) is 8.25. The van der Waals surface area contributed by atoms with Crippen molar-refractivity contribution in [1.82, 2.24) is 4.98 Å². The first-order valence-corrected chi connectivity index (χ1v) is 9.55. The first kappa shape index (κ1) is 22.6. The molecular formula is C23H22F4N2O2. The number of aliphatic hydroxyl groups is 1. The van der Waals surface area contributed by atoms with E-state index in [0.29, 0.717) is 10.9 Å². The summed E-state index contributed by atoms with van der Waals surface area (Å²) < 4.78 is 61.5. The lowest BCUT2D eigenvalue weighted by Crippen LogP contribution is -2.51. The summed E-state index contributed by atoms with van der Waals surface area (Å²) in [5, 5.41) is 20.9. The van der Waals surface area contributed by atoms with E-state index in [-0.39, 0.29) is 22.6 Å². The predicted octanol–water partition coefficient (Wildman–Crippen LogP) is 5.39. The lowest BCUT2D eigenvalue weighted by Gasteiger charge is -2.38. The summed E-state index contributed by atoms with van der Waals surface area (Å²) in [5.41, 5.74) is -3.74. The van der Waals surface area contributed by atoms with Crippen molar-refractivity contribution in [1.29, 1.82) is 5.26 Å². The molecule has 0 bridgehead atoms. The number of aromatic nitrogens is 1. The fourth-order valence-corrected chi connectivity index (χ4v) is 4.05. The lowest BCUT2D eigenvalue weighted by molar-refractivity contribution is -0.266. The number of nitrogens with one attached hydrogen (secondary N) is 1. The molecular weight excluding hydrogens is 412 g/mol. The zero-order chi connectivity index (χ0) is 23.0. The fourth-order valence-electron chi connectivity index (χ4n) is 4.05.